The Bertz CT molecular complexity index is 903. The van der Waals surface area contributed by atoms with E-state index in [1.54, 1.807) is 23.6 Å². The lowest BCUT2D eigenvalue weighted by Crippen LogP contribution is -2.32. The van der Waals surface area contributed by atoms with Crippen LogP contribution < -0.4 is 4.72 Å². The van der Waals surface area contributed by atoms with Crippen molar-refractivity contribution in [2.75, 3.05) is 6.54 Å². The third-order valence-corrected chi connectivity index (χ3v) is 5.79. The van der Waals surface area contributed by atoms with Gasteiger partial charge < -0.3 is 0 Å². The molecule has 1 N–H and O–H groups in total. The van der Waals surface area contributed by atoms with E-state index in [0.717, 1.165) is 17.0 Å². The summed E-state index contributed by atoms with van der Waals surface area (Å²) in [7, 11) is -3.61. The van der Waals surface area contributed by atoms with Gasteiger partial charge in [0.15, 0.2) is 0 Å². The normalized spacial score (nSPS) is 13.1. The molecular formula is C16H18N4O2S2. The molecule has 0 aromatic carbocycles. The molecule has 0 saturated carbocycles. The number of aromatic nitrogens is 3. The maximum absolute atomic E-state index is 12.4. The van der Waals surface area contributed by atoms with Crippen LogP contribution in [0, 0.1) is 13.8 Å². The van der Waals surface area contributed by atoms with Gasteiger partial charge in [-0.05, 0) is 54.4 Å². The monoisotopic (exact) mass is 362 g/mol. The molecule has 6 nitrogen and oxygen atoms in total. The molecule has 24 heavy (non-hydrogen) atoms. The maximum atomic E-state index is 12.4. The highest BCUT2D eigenvalue weighted by molar-refractivity contribution is 7.89. The highest BCUT2D eigenvalue weighted by Crippen LogP contribution is 2.22. The molecule has 3 heterocycles. The molecule has 0 aliphatic rings. The van der Waals surface area contributed by atoms with Crippen LogP contribution in [0.25, 0.3) is 0 Å². The molecule has 0 amide bonds. The summed E-state index contributed by atoms with van der Waals surface area (Å²) in [5.74, 6) is 0. The van der Waals surface area contributed by atoms with E-state index >= 15 is 0 Å². The SMILES string of the molecule is Cc1cc(C)n([C@H](CNS(=O)(=O)c2cccnc2)c2ccsc2)n1. The van der Waals surface area contributed by atoms with Crippen LogP contribution in [-0.2, 0) is 10.0 Å². The van der Waals surface area contributed by atoms with Crippen molar-refractivity contribution in [3.8, 4) is 0 Å². The van der Waals surface area contributed by atoms with Gasteiger partial charge in [0.2, 0.25) is 10.0 Å². The fourth-order valence-electron chi connectivity index (χ4n) is 2.55. The van der Waals surface area contributed by atoms with Gasteiger partial charge in [-0.3, -0.25) is 9.67 Å². The molecular weight excluding hydrogens is 344 g/mol. The van der Waals surface area contributed by atoms with Gasteiger partial charge in [0.05, 0.1) is 11.7 Å². The number of pyridine rings is 1. The smallest absolute Gasteiger partial charge is 0.242 e. The van der Waals surface area contributed by atoms with E-state index in [9.17, 15) is 8.42 Å². The van der Waals surface area contributed by atoms with Crippen molar-refractivity contribution in [2.24, 2.45) is 0 Å². The van der Waals surface area contributed by atoms with E-state index in [2.05, 4.69) is 14.8 Å². The Morgan fingerprint density at radius 1 is 1.33 bits per heavy atom. The quantitative estimate of drug-likeness (QED) is 0.731. The zero-order valence-corrected chi connectivity index (χ0v) is 15.0. The van der Waals surface area contributed by atoms with E-state index in [1.165, 1.54) is 12.3 Å². The fraction of sp³-hybridized carbons (Fsp3) is 0.250. The van der Waals surface area contributed by atoms with Crippen LogP contribution in [0.4, 0.5) is 0 Å². The second kappa shape index (κ2) is 6.84. The molecule has 0 fully saturated rings. The Labute approximate surface area is 145 Å². The van der Waals surface area contributed by atoms with Crippen molar-refractivity contribution in [3.63, 3.8) is 0 Å². The Morgan fingerprint density at radius 3 is 2.75 bits per heavy atom. The molecule has 3 aromatic rings. The molecule has 8 heteroatoms. The van der Waals surface area contributed by atoms with Gasteiger partial charge in [-0.2, -0.15) is 16.4 Å². The van der Waals surface area contributed by atoms with Crippen LogP contribution in [0.2, 0.25) is 0 Å². The van der Waals surface area contributed by atoms with Gasteiger partial charge in [0.25, 0.3) is 0 Å². The molecule has 1 atom stereocenters. The van der Waals surface area contributed by atoms with E-state index in [0.29, 0.717) is 0 Å². The van der Waals surface area contributed by atoms with E-state index < -0.39 is 10.0 Å². The predicted octanol–water partition coefficient (Wildman–Crippen LogP) is 2.52. The number of sulfonamides is 1. The molecule has 0 radical (unpaired) electrons. The summed E-state index contributed by atoms with van der Waals surface area (Å²) in [6, 6.07) is 6.90. The molecule has 0 saturated heterocycles. The molecule has 3 rings (SSSR count). The first-order valence-corrected chi connectivity index (χ1v) is 9.84. The highest BCUT2D eigenvalue weighted by atomic mass is 32.2. The van der Waals surface area contributed by atoms with Gasteiger partial charge in [0.1, 0.15) is 4.90 Å². The zero-order valence-electron chi connectivity index (χ0n) is 13.4. The summed E-state index contributed by atoms with van der Waals surface area (Å²) in [4.78, 5) is 4.02. The number of nitrogens with zero attached hydrogens (tertiary/aromatic N) is 3. The molecule has 0 spiro atoms. The first kappa shape index (κ1) is 16.8. The summed E-state index contributed by atoms with van der Waals surface area (Å²) in [6.07, 6.45) is 2.88. The van der Waals surface area contributed by atoms with Crippen LogP contribution in [0.5, 0.6) is 0 Å². The standard InChI is InChI=1S/C16H18N4O2S2/c1-12-8-13(2)20(19-12)16(14-5-7-23-11-14)10-18-24(21,22)15-4-3-6-17-9-15/h3-9,11,16,18H,10H2,1-2H3/t16-/m1/s1. The lowest BCUT2D eigenvalue weighted by atomic mass is 10.1. The van der Waals surface area contributed by atoms with Crippen LogP contribution in [0.1, 0.15) is 23.0 Å². The van der Waals surface area contributed by atoms with Crippen molar-refractivity contribution < 1.29 is 8.42 Å². The number of rotatable bonds is 6. The van der Waals surface area contributed by atoms with E-state index in [-0.39, 0.29) is 17.5 Å². The Kier molecular flexibility index (Phi) is 4.79. The lowest BCUT2D eigenvalue weighted by Gasteiger charge is -2.19. The van der Waals surface area contributed by atoms with Crippen molar-refractivity contribution in [1.29, 1.82) is 0 Å². The zero-order chi connectivity index (χ0) is 17.2. The van der Waals surface area contributed by atoms with Crippen LogP contribution in [0.3, 0.4) is 0 Å². The molecule has 126 valence electrons. The van der Waals surface area contributed by atoms with E-state index in [4.69, 9.17) is 0 Å². The summed E-state index contributed by atoms with van der Waals surface area (Å²) in [5.41, 5.74) is 2.92. The molecule has 3 aromatic heterocycles. The highest BCUT2D eigenvalue weighted by Gasteiger charge is 2.21. The number of thiophene rings is 1. The van der Waals surface area contributed by atoms with Gasteiger partial charge in [0, 0.05) is 24.6 Å². The average Bonchev–Trinajstić information content (AvgIpc) is 3.19. The second-order valence-corrected chi connectivity index (χ2v) is 8.03. The minimum atomic E-state index is -3.61. The Balaban J connectivity index is 1.87. The number of hydrogen-bond donors (Lipinski definition) is 1. The predicted molar refractivity (Wildman–Crippen MR) is 93.6 cm³/mol. The van der Waals surface area contributed by atoms with Crippen molar-refractivity contribution >= 4 is 21.4 Å². The van der Waals surface area contributed by atoms with E-state index in [1.807, 2.05) is 41.4 Å². The third-order valence-electron chi connectivity index (χ3n) is 3.68. The Morgan fingerprint density at radius 2 is 2.17 bits per heavy atom. The van der Waals surface area contributed by atoms with Crippen molar-refractivity contribution in [1.82, 2.24) is 19.5 Å². The molecule has 0 bridgehead atoms. The summed E-state index contributed by atoms with van der Waals surface area (Å²) in [6.45, 7) is 4.11. The molecule has 0 aliphatic carbocycles. The van der Waals surface area contributed by atoms with Crippen LogP contribution >= 0.6 is 11.3 Å². The average molecular weight is 362 g/mol. The second-order valence-electron chi connectivity index (χ2n) is 5.48. The molecule has 0 unspecified atom stereocenters. The topological polar surface area (TPSA) is 76.9 Å². The molecule has 0 aliphatic heterocycles. The summed E-state index contributed by atoms with van der Waals surface area (Å²) < 4.78 is 29.4. The number of aryl methyl sites for hydroxylation is 2. The largest absolute Gasteiger partial charge is 0.263 e. The Hall–Kier alpha value is -2.03. The van der Waals surface area contributed by atoms with Gasteiger partial charge in [-0.1, -0.05) is 0 Å². The van der Waals surface area contributed by atoms with Crippen LogP contribution in [-0.4, -0.2) is 29.7 Å². The van der Waals surface area contributed by atoms with Gasteiger partial charge in [-0.25, -0.2) is 13.1 Å². The first-order chi connectivity index (χ1) is 11.5. The van der Waals surface area contributed by atoms with Crippen LogP contribution in [0.15, 0.2) is 52.3 Å². The van der Waals surface area contributed by atoms with Gasteiger partial charge in [-0.15, -0.1) is 0 Å². The first-order valence-electron chi connectivity index (χ1n) is 7.42. The maximum Gasteiger partial charge on any atom is 0.242 e. The third kappa shape index (κ3) is 3.55. The minimum absolute atomic E-state index is 0.155. The number of hydrogen-bond acceptors (Lipinski definition) is 5. The minimum Gasteiger partial charge on any atom is -0.263 e. The van der Waals surface area contributed by atoms with Gasteiger partial charge >= 0.3 is 0 Å². The number of nitrogens with one attached hydrogen (secondary N) is 1. The lowest BCUT2D eigenvalue weighted by molar-refractivity contribution is 0.495. The van der Waals surface area contributed by atoms with Crippen molar-refractivity contribution in [3.05, 3.63) is 64.4 Å². The summed E-state index contributed by atoms with van der Waals surface area (Å²) >= 11 is 1.58. The fourth-order valence-corrected chi connectivity index (χ4v) is 4.26. The van der Waals surface area contributed by atoms with Crippen molar-refractivity contribution in [2.45, 2.75) is 24.8 Å². The summed E-state index contributed by atoms with van der Waals surface area (Å²) in [5, 5.41) is 8.50.